The minimum Gasteiger partial charge on any atom is -0.493 e. The Hall–Kier alpha value is -2.34. The maximum atomic E-state index is 6.12. The van der Waals surface area contributed by atoms with Gasteiger partial charge >= 0.3 is 0 Å². The lowest BCUT2D eigenvalue weighted by Gasteiger charge is -2.27. The molecule has 1 aliphatic heterocycles. The molecule has 2 aromatic carbocycles. The summed E-state index contributed by atoms with van der Waals surface area (Å²) in [5.41, 5.74) is 8.29. The van der Waals surface area contributed by atoms with Crippen LogP contribution in [0, 0.1) is 0 Å². The molecule has 0 radical (unpaired) electrons. The molecule has 1 aliphatic rings. The van der Waals surface area contributed by atoms with Gasteiger partial charge in [-0.05, 0) is 23.3 Å². The quantitative estimate of drug-likeness (QED) is 0.624. The van der Waals surface area contributed by atoms with E-state index in [1.54, 1.807) is 7.11 Å². The Kier molecular flexibility index (Phi) is 6.66. The zero-order valence-electron chi connectivity index (χ0n) is 15.1. The number of hydrogen-bond acceptors (Lipinski definition) is 4. The third-order valence-electron chi connectivity index (χ3n) is 4.22. The van der Waals surface area contributed by atoms with E-state index in [1.165, 1.54) is 0 Å². The van der Waals surface area contributed by atoms with Crippen LogP contribution in [-0.2, 0) is 13.2 Å². The smallest absolute Gasteiger partial charge is 0.191 e. The lowest BCUT2D eigenvalue weighted by Crippen LogP contribution is -2.42. The van der Waals surface area contributed by atoms with Crippen LogP contribution in [0.5, 0.6) is 11.5 Å². The van der Waals surface area contributed by atoms with Crippen LogP contribution in [0.15, 0.2) is 53.5 Å². The van der Waals surface area contributed by atoms with Gasteiger partial charge in [-0.25, -0.2) is 4.99 Å². The first-order valence-corrected chi connectivity index (χ1v) is 9.88. The van der Waals surface area contributed by atoms with Crippen LogP contribution in [0.4, 0.5) is 0 Å². The molecule has 0 atom stereocenters. The lowest BCUT2D eigenvalue weighted by atomic mass is 10.2. The first-order valence-electron chi connectivity index (χ1n) is 8.72. The predicted octanol–water partition coefficient (Wildman–Crippen LogP) is 3.14. The number of benzene rings is 2. The van der Waals surface area contributed by atoms with E-state index in [1.807, 2.05) is 60.3 Å². The lowest BCUT2D eigenvalue weighted by molar-refractivity contribution is 0.284. The summed E-state index contributed by atoms with van der Waals surface area (Å²) in [4.78, 5) is 6.68. The molecule has 2 N–H and O–H groups in total. The molecule has 0 saturated carbocycles. The number of guanidine groups is 1. The Morgan fingerprint density at radius 1 is 1.08 bits per heavy atom. The molecular formula is C20H25N3O2S. The Morgan fingerprint density at radius 3 is 2.58 bits per heavy atom. The fourth-order valence-electron chi connectivity index (χ4n) is 2.73. The summed E-state index contributed by atoms with van der Waals surface area (Å²) in [7, 11) is 1.65. The fourth-order valence-corrected chi connectivity index (χ4v) is 3.63. The number of nitrogens with zero attached hydrogens (tertiary/aromatic N) is 2. The van der Waals surface area contributed by atoms with Crippen LogP contribution in [0.1, 0.15) is 11.1 Å². The number of thioether (sulfide) groups is 1. The largest absolute Gasteiger partial charge is 0.493 e. The van der Waals surface area contributed by atoms with E-state index < -0.39 is 0 Å². The summed E-state index contributed by atoms with van der Waals surface area (Å²) in [6, 6.07) is 16.0. The van der Waals surface area contributed by atoms with Crippen molar-refractivity contribution in [2.45, 2.75) is 13.2 Å². The second-order valence-electron chi connectivity index (χ2n) is 6.03. The van der Waals surface area contributed by atoms with E-state index in [2.05, 4.69) is 9.89 Å². The summed E-state index contributed by atoms with van der Waals surface area (Å²) in [5, 5.41) is 0. The molecule has 5 nitrogen and oxygen atoms in total. The summed E-state index contributed by atoms with van der Waals surface area (Å²) < 4.78 is 11.4. The maximum absolute atomic E-state index is 6.12. The molecule has 3 rings (SSSR count). The fraction of sp³-hybridized carbons (Fsp3) is 0.350. The number of rotatable bonds is 6. The van der Waals surface area contributed by atoms with Crippen LogP contribution < -0.4 is 15.2 Å². The molecule has 1 heterocycles. The third-order valence-corrected chi connectivity index (χ3v) is 5.17. The van der Waals surface area contributed by atoms with Crippen LogP contribution in [0.2, 0.25) is 0 Å². The number of hydrogen-bond donors (Lipinski definition) is 1. The molecule has 0 aliphatic carbocycles. The topological polar surface area (TPSA) is 60.1 Å². The molecule has 0 spiro atoms. The number of ether oxygens (including phenoxy) is 2. The SMILES string of the molecule is COc1cc(CN=C(N)N2CCSCC2)ccc1OCc1ccccc1. The minimum atomic E-state index is 0.509. The van der Waals surface area contributed by atoms with E-state index in [0.717, 1.165) is 41.5 Å². The van der Waals surface area contributed by atoms with E-state index in [0.29, 0.717) is 24.9 Å². The molecule has 138 valence electrons. The molecule has 0 bridgehead atoms. The van der Waals surface area contributed by atoms with Gasteiger partial charge in [-0.2, -0.15) is 11.8 Å². The average molecular weight is 372 g/mol. The zero-order chi connectivity index (χ0) is 18.2. The molecule has 0 unspecified atom stereocenters. The monoisotopic (exact) mass is 371 g/mol. The highest BCUT2D eigenvalue weighted by atomic mass is 32.2. The van der Waals surface area contributed by atoms with Crippen LogP contribution >= 0.6 is 11.8 Å². The zero-order valence-corrected chi connectivity index (χ0v) is 15.9. The van der Waals surface area contributed by atoms with Crippen LogP contribution in [0.3, 0.4) is 0 Å². The highest BCUT2D eigenvalue weighted by molar-refractivity contribution is 7.99. The van der Waals surface area contributed by atoms with Gasteiger partial charge in [0.1, 0.15) is 6.61 Å². The van der Waals surface area contributed by atoms with Gasteiger partial charge in [0, 0.05) is 24.6 Å². The first-order chi connectivity index (χ1) is 12.8. The highest BCUT2D eigenvalue weighted by Crippen LogP contribution is 2.29. The minimum absolute atomic E-state index is 0.509. The van der Waals surface area contributed by atoms with E-state index >= 15 is 0 Å². The summed E-state index contributed by atoms with van der Waals surface area (Å²) in [6.07, 6.45) is 0. The van der Waals surface area contributed by atoms with Crippen molar-refractivity contribution in [3.8, 4) is 11.5 Å². The van der Waals surface area contributed by atoms with E-state index in [9.17, 15) is 0 Å². The standard InChI is InChI=1S/C20H25N3O2S/c1-24-19-13-17(14-22-20(21)23-9-11-26-12-10-23)7-8-18(19)25-15-16-5-3-2-4-6-16/h2-8,13H,9-12,14-15H2,1H3,(H2,21,22). The van der Waals surface area contributed by atoms with E-state index in [4.69, 9.17) is 15.2 Å². The van der Waals surface area contributed by atoms with Gasteiger partial charge < -0.3 is 20.1 Å². The number of aliphatic imine (C=N–C) groups is 1. The van der Waals surface area contributed by atoms with Crippen molar-refractivity contribution in [1.82, 2.24) is 4.90 Å². The average Bonchev–Trinajstić information content (AvgIpc) is 2.72. The summed E-state index contributed by atoms with van der Waals surface area (Å²) in [6.45, 7) is 2.98. The van der Waals surface area contributed by atoms with Gasteiger partial charge in [0.05, 0.1) is 13.7 Å². The summed E-state index contributed by atoms with van der Waals surface area (Å²) >= 11 is 1.96. The van der Waals surface area contributed by atoms with Gasteiger partial charge in [-0.1, -0.05) is 36.4 Å². The van der Waals surface area contributed by atoms with Crippen molar-refractivity contribution >= 4 is 17.7 Å². The molecule has 1 fully saturated rings. The van der Waals surface area contributed by atoms with Crippen molar-refractivity contribution in [2.24, 2.45) is 10.7 Å². The molecule has 26 heavy (non-hydrogen) atoms. The Bertz CT molecular complexity index is 731. The van der Waals surface area contributed by atoms with Crippen molar-refractivity contribution < 1.29 is 9.47 Å². The second kappa shape index (κ2) is 9.38. The van der Waals surface area contributed by atoms with Crippen LogP contribution in [0.25, 0.3) is 0 Å². The molecule has 0 aromatic heterocycles. The Balaban J connectivity index is 1.62. The highest BCUT2D eigenvalue weighted by Gasteiger charge is 2.12. The Morgan fingerprint density at radius 2 is 1.85 bits per heavy atom. The van der Waals surface area contributed by atoms with Gasteiger partial charge in [0.25, 0.3) is 0 Å². The third kappa shape index (κ3) is 5.08. The summed E-state index contributed by atoms with van der Waals surface area (Å²) in [5.74, 6) is 4.27. The van der Waals surface area contributed by atoms with E-state index in [-0.39, 0.29) is 0 Å². The van der Waals surface area contributed by atoms with Gasteiger partial charge in [-0.3, -0.25) is 0 Å². The Labute approximate surface area is 159 Å². The second-order valence-corrected chi connectivity index (χ2v) is 7.26. The number of methoxy groups -OCH3 is 1. The molecule has 2 aromatic rings. The van der Waals surface area contributed by atoms with Gasteiger partial charge in [0.15, 0.2) is 17.5 Å². The van der Waals surface area contributed by atoms with Gasteiger partial charge in [-0.15, -0.1) is 0 Å². The normalized spacial score (nSPS) is 15.0. The number of nitrogens with two attached hydrogens (primary N) is 1. The van der Waals surface area contributed by atoms with Crippen molar-refractivity contribution in [1.29, 1.82) is 0 Å². The van der Waals surface area contributed by atoms with Crippen molar-refractivity contribution in [3.05, 3.63) is 59.7 Å². The maximum Gasteiger partial charge on any atom is 0.191 e. The van der Waals surface area contributed by atoms with Crippen molar-refractivity contribution in [3.63, 3.8) is 0 Å². The molecule has 6 heteroatoms. The molecule has 1 saturated heterocycles. The first kappa shape index (κ1) is 18.5. The molecular weight excluding hydrogens is 346 g/mol. The predicted molar refractivity (Wildman–Crippen MR) is 108 cm³/mol. The van der Waals surface area contributed by atoms with Gasteiger partial charge in [0.2, 0.25) is 0 Å². The van der Waals surface area contributed by atoms with Crippen LogP contribution in [-0.4, -0.2) is 42.6 Å². The van der Waals surface area contributed by atoms with Crippen molar-refractivity contribution in [2.75, 3.05) is 31.7 Å². The molecule has 0 amide bonds.